The molecule has 0 aliphatic rings. The molecule has 0 saturated heterocycles. The Morgan fingerprint density at radius 3 is 2.80 bits per heavy atom. The van der Waals surface area contributed by atoms with Crippen molar-refractivity contribution >= 4 is 33.7 Å². The highest BCUT2D eigenvalue weighted by Gasteiger charge is 2.16. The maximum atomic E-state index is 10.4. The number of aromatic nitrogens is 1. The second-order valence-electron chi connectivity index (χ2n) is 4.77. The van der Waals surface area contributed by atoms with Crippen molar-refractivity contribution in [2.75, 3.05) is 0 Å². The minimum atomic E-state index is -0.602. The van der Waals surface area contributed by atoms with Gasteiger partial charge in [-0.1, -0.05) is 30.3 Å². The van der Waals surface area contributed by atoms with Crippen molar-refractivity contribution in [2.24, 2.45) is 0 Å². The normalized spacial score (nSPS) is 12.8. The zero-order valence-corrected chi connectivity index (χ0v) is 13.2. The van der Waals surface area contributed by atoms with E-state index in [0.29, 0.717) is 12.3 Å². The van der Waals surface area contributed by atoms with Gasteiger partial charge in [-0.2, -0.15) is 0 Å². The third-order valence-corrected chi connectivity index (χ3v) is 4.76. The van der Waals surface area contributed by atoms with Crippen LogP contribution >= 0.6 is 22.6 Å². The average Bonchev–Trinajstić information content (AvgIpc) is 2.83. The van der Waals surface area contributed by atoms with E-state index in [1.807, 2.05) is 49.4 Å². The van der Waals surface area contributed by atoms with E-state index in [-0.39, 0.29) is 0 Å². The number of oxazole rings is 1. The molecule has 1 atom stereocenters. The quantitative estimate of drug-likeness (QED) is 0.700. The van der Waals surface area contributed by atoms with Gasteiger partial charge in [0, 0.05) is 3.57 Å². The summed E-state index contributed by atoms with van der Waals surface area (Å²) >= 11 is 2.27. The number of hydrogen-bond donors (Lipinski definition) is 1. The first kappa shape index (κ1) is 13.6. The number of hydrogen-bond acceptors (Lipinski definition) is 3. The van der Waals surface area contributed by atoms with Gasteiger partial charge in [-0.15, -0.1) is 0 Å². The Balaban J connectivity index is 1.88. The molecule has 0 aliphatic heterocycles. The zero-order valence-electron chi connectivity index (χ0n) is 11.0. The smallest absolute Gasteiger partial charge is 0.198 e. The highest BCUT2D eigenvalue weighted by Crippen LogP contribution is 2.26. The molecule has 1 unspecified atom stereocenters. The number of rotatable bonds is 3. The number of para-hydroxylation sites is 2. The van der Waals surface area contributed by atoms with Crippen LogP contribution in [0, 0.1) is 10.5 Å². The molecule has 102 valence electrons. The monoisotopic (exact) mass is 379 g/mol. The van der Waals surface area contributed by atoms with E-state index in [0.717, 1.165) is 20.2 Å². The van der Waals surface area contributed by atoms with E-state index in [2.05, 4.69) is 27.6 Å². The van der Waals surface area contributed by atoms with Crippen molar-refractivity contribution in [3.05, 3.63) is 63.1 Å². The van der Waals surface area contributed by atoms with Crippen molar-refractivity contribution in [1.82, 2.24) is 4.98 Å². The van der Waals surface area contributed by atoms with Gasteiger partial charge in [0.15, 0.2) is 11.5 Å². The van der Waals surface area contributed by atoms with Crippen molar-refractivity contribution < 1.29 is 9.52 Å². The lowest BCUT2D eigenvalue weighted by Gasteiger charge is -2.12. The van der Waals surface area contributed by atoms with Crippen molar-refractivity contribution in [2.45, 2.75) is 19.4 Å². The Kier molecular flexibility index (Phi) is 3.76. The molecule has 3 aromatic rings. The molecule has 20 heavy (non-hydrogen) atoms. The van der Waals surface area contributed by atoms with Gasteiger partial charge in [-0.25, -0.2) is 4.98 Å². The summed E-state index contributed by atoms with van der Waals surface area (Å²) in [4.78, 5) is 4.40. The van der Waals surface area contributed by atoms with Crippen molar-refractivity contribution in [3.63, 3.8) is 0 Å². The van der Waals surface area contributed by atoms with Gasteiger partial charge >= 0.3 is 0 Å². The van der Waals surface area contributed by atoms with Crippen LogP contribution < -0.4 is 0 Å². The fourth-order valence-electron chi connectivity index (χ4n) is 2.21. The van der Waals surface area contributed by atoms with E-state index in [9.17, 15) is 5.11 Å². The molecule has 1 aromatic heterocycles. The van der Waals surface area contributed by atoms with Crippen LogP contribution in [0.15, 0.2) is 46.9 Å². The van der Waals surface area contributed by atoms with Gasteiger partial charge in [-0.3, -0.25) is 0 Å². The summed E-state index contributed by atoms with van der Waals surface area (Å²) in [6.45, 7) is 2.04. The first-order valence-corrected chi connectivity index (χ1v) is 7.50. The molecule has 0 aliphatic carbocycles. The Bertz CT molecular complexity index is 718. The predicted molar refractivity (Wildman–Crippen MR) is 86.6 cm³/mol. The lowest BCUT2D eigenvalue weighted by atomic mass is 10.0. The Morgan fingerprint density at radius 1 is 1.20 bits per heavy atom. The number of nitrogens with zero attached hydrogens (tertiary/aromatic N) is 1. The molecule has 0 spiro atoms. The molecule has 0 radical (unpaired) electrons. The molecule has 0 amide bonds. The molecule has 1 N–H and O–H groups in total. The summed E-state index contributed by atoms with van der Waals surface area (Å²) < 4.78 is 6.75. The molecule has 2 aromatic carbocycles. The Morgan fingerprint density at radius 2 is 2.00 bits per heavy atom. The topological polar surface area (TPSA) is 46.3 Å². The fraction of sp³-hybridized carbons (Fsp3) is 0.188. The van der Waals surface area contributed by atoms with E-state index >= 15 is 0 Å². The highest BCUT2D eigenvalue weighted by atomic mass is 127. The lowest BCUT2D eigenvalue weighted by molar-refractivity contribution is 0.168. The fourth-order valence-corrected chi connectivity index (χ4v) is 2.93. The minimum absolute atomic E-state index is 0.383. The van der Waals surface area contributed by atoms with Crippen LogP contribution in [0.2, 0.25) is 0 Å². The number of aliphatic hydroxyl groups is 1. The summed E-state index contributed by atoms with van der Waals surface area (Å²) in [6.07, 6.45) is -0.219. The van der Waals surface area contributed by atoms with Gasteiger partial charge in [0.2, 0.25) is 0 Å². The third-order valence-electron chi connectivity index (χ3n) is 3.29. The highest BCUT2D eigenvalue weighted by molar-refractivity contribution is 14.1. The van der Waals surface area contributed by atoms with Crippen molar-refractivity contribution in [1.29, 1.82) is 0 Å². The number of aliphatic hydroxyl groups excluding tert-OH is 1. The summed E-state index contributed by atoms with van der Waals surface area (Å²) in [6, 6.07) is 13.6. The maximum absolute atomic E-state index is 10.4. The Labute approximate surface area is 130 Å². The van der Waals surface area contributed by atoms with Crippen LogP contribution in [0.5, 0.6) is 0 Å². The van der Waals surface area contributed by atoms with Gasteiger partial charge in [0.05, 0.1) is 12.5 Å². The molecule has 0 saturated carbocycles. The zero-order chi connectivity index (χ0) is 14.1. The van der Waals surface area contributed by atoms with Gasteiger partial charge in [-0.05, 0) is 52.8 Å². The van der Waals surface area contributed by atoms with Crippen LogP contribution in [0.25, 0.3) is 11.1 Å². The molecule has 0 bridgehead atoms. The summed E-state index contributed by atoms with van der Waals surface area (Å²) in [5.74, 6) is 0.566. The van der Waals surface area contributed by atoms with E-state index in [4.69, 9.17) is 4.42 Å². The second kappa shape index (κ2) is 5.54. The SMILES string of the molecule is Cc1cccc(C(O)Cc2nc3ccccc3o2)c1I. The number of aryl methyl sites for hydroxylation is 1. The van der Waals surface area contributed by atoms with Crippen LogP contribution in [-0.2, 0) is 6.42 Å². The standard InChI is InChI=1S/C16H14INO2/c1-10-5-4-6-11(16(10)17)13(19)9-15-18-12-7-2-3-8-14(12)20-15/h2-8,13,19H,9H2,1H3. The van der Waals surface area contributed by atoms with Crippen LogP contribution in [0.3, 0.4) is 0 Å². The minimum Gasteiger partial charge on any atom is -0.441 e. The summed E-state index contributed by atoms with van der Waals surface area (Å²) in [5, 5.41) is 10.4. The Hall–Kier alpha value is -1.40. The van der Waals surface area contributed by atoms with Gasteiger partial charge in [0.1, 0.15) is 5.52 Å². The van der Waals surface area contributed by atoms with Crippen LogP contribution in [-0.4, -0.2) is 10.1 Å². The van der Waals surface area contributed by atoms with E-state index < -0.39 is 6.10 Å². The largest absolute Gasteiger partial charge is 0.441 e. The van der Waals surface area contributed by atoms with Gasteiger partial charge < -0.3 is 9.52 Å². The second-order valence-corrected chi connectivity index (χ2v) is 5.85. The molecule has 0 fully saturated rings. The summed E-state index contributed by atoms with van der Waals surface area (Å²) in [7, 11) is 0. The summed E-state index contributed by atoms with van der Waals surface area (Å²) in [5.41, 5.74) is 3.68. The maximum Gasteiger partial charge on any atom is 0.198 e. The van der Waals surface area contributed by atoms with Crippen LogP contribution in [0.4, 0.5) is 0 Å². The predicted octanol–water partition coefficient (Wildman–Crippen LogP) is 4.02. The first-order valence-electron chi connectivity index (χ1n) is 6.42. The van der Waals surface area contributed by atoms with E-state index in [1.54, 1.807) is 0 Å². The molecule has 3 rings (SSSR count). The first-order chi connectivity index (χ1) is 9.65. The van der Waals surface area contributed by atoms with Crippen molar-refractivity contribution in [3.8, 4) is 0 Å². The average molecular weight is 379 g/mol. The number of halogens is 1. The van der Waals surface area contributed by atoms with Crippen LogP contribution in [0.1, 0.15) is 23.1 Å². The third kappa shape index (κ3) is 2.58. The molecular formula is C16H14INO2. The number of fused-ring (bicyclic) bond motifs is 1. The molecule has 3 nitrogen and oxygen atoms in total. The number of benzene rings is 2. The lowest BCUT2D eigenvalue weighted by Crippen LogP contribution is -2.05. The molecule has 1 heterocycles. The molecular weight excluding hydrogens is 365 g/mol. The van der Waals surface area contributed by atoms with E-state index in [1.165, 1.54) is 5.56 Å². The molecule has 4 heteroatoms. The van der Waals surface area contributed by atoms with Gasteiger partial charge in [0.25, 0.3) is 0 Å².